The first-order chi connectivity index (χ1) is 13.8. The molecule has 0 atom stereocenters. The molecule has 0 spiro atoms. The first kappa shape index (κ1) is 22.8. The van der Waals surface area contributed by atoms with E-state index in [0.717, 1.165) is 12.8 Å². The Hall–Kier alpha value is -2.52. The third-order valence-electron chi connectivity index (χ3n) is 4.44. The number of aromatic nitrogens is 2. The summed E-state index contributed by atoms with van der Waals surface area (Å²) in [6.07, 6.45) is 4.88. The molecule has 1 amide bonds. The summed E-state index contributed by atoms with van der Waals surface area (Å²) in [4.78, 5) is 20.9. The monoisotopic (exact) mass is 419 g/mol. The number of hydrogen-bond donors (Lipinski definition) is 2. The van der Waals surface area contributed by atoms with Crippen molar-refractivity contribution in [3.8, 4) is 0 Å². The Morgan fingerprint density at radius 3 is 2.38 bits per heavy atom. The number of nitrogens with zero attached hydrogens (tertiary/aromatic N) is 3. The van der Waals surface area contributed by atoms with Crippen LogP contribution in [-0.2, 0) is 10.0 Å². The van der Waals surface area contributed by atoms with E-state index in [2.05, 4.69) is 27.5 Å². The maximum absolute atomic E-state index is 12.9. The van der Waals surface area contributed by atoms with Gasteiger partial charge in [-0.3, -0.25) is 9.78 Å². The lowest BCUT2D eigenvalue weighted by Gasteiger charge is -2.20. The van der Waals surface area contributed by atoms with Crippen LogP contribution in [0.5, 0.6) is 0 Å². The van der Waals surface area contributed by atoms with Crippen molar-refractivity contribution in [2.45, 2.75) is 45.4 Å². The lowest BCUT2D eigenvalue weighted by atomic mass is 10.2. The van der Waals surface area contributed by atoms with E-state index in [1.807, 2.05) is 0 Å². The second kappa shape index (κ2) is 10.3. The maximum Gasteiger partial charge on any atom is 0.275 e. The van der Waals surface area contributed by atoms with E-state index in [-0.39, 0.29) is 10.6 Å². The van der Waals surface area contributed by atoms with Crippen LogP contribution in [-0.4, -0.2) is 48.2 Å². The first-order valence-electron chi connectivity index (χ1n) is 9.81. The lowest BCUT2D eigenvalue weighted by Crippen LogP contribution is -2.30. The van der Waals surface area contributed by atoms with E-state index in [0.29, 0.717) is 36.7 Å². The smallest absolute Gasteiger partial charge is 0.275 e. The number of rotatable bonds is 10. The number of amides is 1. The Morgan fingerprint density at radius 2 is 1.79 bits per heavy atom. The van der Waals surface area contributed by atoms with Gasteiger partial charge in [0.25, 0.3) is 5.91 Å². The normalized spacial score (nSPS) is 11.5. The molecule has 0 aliphatic carbocycles. The average Bonchev–Trinajstić information content (AvgIpc) is 2.70. The summed E-state index contributed by atoms with van der Waals surface area (Å²) >= 11 is 0. The zero-order valence-corrected chi connectivity index (χ0v) is 18.2. The van der Waals surface area contributed by atoms with Crippen LogP contribution < -0.4 is 10.6 Å². The quantitative estimate of drug-likeness (QED) is 0.573. The number of anilines is 2. The molecule has 0 fully saturated rings. The summed E-state index contributed by atoms with van der Waals surface area (Å²) in [6.45, 7) is 8.91. The van der Waals surface area contributed by atoms with Crippen LogP contribution in [0, 0.1) is 6.92 Å². The third-order valence-corrected chi connectivity index (χ3v) is 6.49. The largest absolute Gasteiger partial charge is 0.383 e. The SMILES string of the molecule is CCCCNc1ccc(S(=O)(=O)N(CC)CC)cc1NC(=O)c1cnc(C)cn1. The highest BCUT2D eigenvalue weighted by Gasteiger charge is 2.23. The van der Waals surface area contributed by atoms with Crippen LogP contribution in [0.3, 0.4) is 0 Å². The van der Waals surface area contributed by atoms with Gasteiger partial charge >= 0.3 is 0 Å². The van der Waals surface area contributed by atoms with E-state index in [4.69, 9.17) is 0 Å². The fourth-order valence-corrected chi connectivity index (χ4v) is 4.23. The molecule has 0 unspecified atom stereocenters. The molecular formula is C20H29N5O3S. The Kier molecular flexibility index (Phi) is 8.10. The molecule has 0 saturated heterocycles. The van der Waals surface area contributed by atoms with Gasteiger partial charge in [-0.25, -0.2) is 13.4 Å². The Labute approximate surface area is 172 Å². The number of carbonyl (C=O) groups is 1. The summed E-state index contributed by atoms with van der Waals surface area (Å²) in [5, 5.41) is 6.03. The van der Waals surface area contributed by atoms with Crippen LogP contribution in [0.1, 0.15) is 49.8 Å². The number of benzene rings is 1. The molecule has 2 N–H and O–H groups in total. The molecule has 2 rings (SSSR count). The van der Waals surface area contributed by atoms with Crippen LogP contribution in [0.15, 0.2) is 35.5 Å². The highest BCUT2D eigenvalue weighted by molar-refractivity contribution is 7.89. The molecule has 158 valence electrons. The van der Waals surface area contributed by atoms with Gasteiger partial charge in [0.1, 0.15) is 5.69 Å². The fourth-order valence-electron chi connectivity index (χ4n) is 2.75. The summed E-state index contributed by atoms with van der Waals surface area (Å²) in [6, 6.07) is 4.73. The molecule has 29 heavy (non-hydrogen) atoms. The van der Waals surface area contributed by atoms with Crippen molar-refractivity contribution < 1.29 is 13.2 Å². The molecule has 0 bridgehead atoms. The fraction of sp³-hybridized carbons (Fsp3) is 0.450. The second-order valence-corrected chi connectivity index (χ2v) is 8.51. The first-order valence-corrected chi connectivity index (χ1v) is 11.3. The summed E-state index contributed by atoms with van der Waals surface area (Å²) in [5.74, 6) is -0.451. The molecule has 1 heterocycles. The van der Waals surface area contributed by atoms with Gasteiger partial charge in [0.05, 0.1) is 28.2 Å². The van der Waals surface area contributed by atoms with Crippen LogP contribution in [0.25, 0.3) is 0 Å². The van der Waals surface area contributed by atoms with Crippen LogP contribution >= 0.6 is 0 Å². The van der Waals surface area contributed by atoms with Crippen molar-refractivity contribution in [2.24, 2.45) is 0 Å². The van der Waals surface area contributed by atoms with E-state index < -0.39 is 15.9 Å². The molecule has 0 aliphatic heterocycles. The van der Waals surface area contributed by atoms with Crippen molar-refractivity contribution in [2.75, 3.05) is 30.3 Å². The zero-order valence-electron chi connectivity index (χ0n) is 17.4. The number of nitrogens with one attached hydrogen (secondary N) is 2. The minimum absolute atomic E-state index is 0.132. The number of unbranched alkanes of at least 4 members (excludes halogenated alkanes) is 1. The van der Waals surface area contributed by atoms with Gasteiger partial charge in [-0.1, -0.05) is 27.2 Å². The highest BCUT2D eigenvalue weighted by Crippen LogP contribution is 2.28. The molecule has 9 heteroatoms. The van der Waals surface area contributed by atoms with Gasteiger partial charge in [-0.15, -0.1) is 0 Å². The predicted octanol–water partition coefficient (Wildman–Crippen LogP) is 3.28. The van der Waals surface area contributed by atoms with Crippen LogP contribution in [0.4, 0.5) is 11.4 Å². The van der Waals surface area contributed by atoms with Gasteiger partial charge in [-0.05, 0) is 31.5 Å². The van der Waals surface area contributed by atoms with Gasteiger partial charge < -0.3 is 10.6 Å². The second-order valence-electron chi connectivity index (χ2n) is 6.57. The summed E-state index contributed by atoms with van der Waals surface area (Å²) < 4.78 is 27.1. The minimum Gasteiger partial charge on any atom is -0.383 e. The lowest BCUT2D eigenvalue weighted by molar-refractivity contribution is 0.102. The van der Waals surface area contributed by atoms with Gasteiger partial charge in [-0.2, -0.15) is 4.31 Å². The standard InChI is InChI=1S/C20H29N5O3S/c1-5-8-11-21-17-10-9-16(29(27,28)25(6-2)7-3)12-18(17)24-20(26)19-14-22-15(4)13-23-19/h9-10,12-14,21H,5-8,11H2,1-4H3,(H,24,26). The maximum atomic E-state index is 12.9. The van der Waals surface area contributed by atoms with E-state index in [9.17, 15) is 13.2 Å². The molecule has 1 aromatic heterocycles. The van der Waals surface area contributed by atoms with Crippen molar-refractivity contribution in [1.82, 2.24) is 14.3 Å². The molecule has 0 aliphatic rings. The third kappa shape index (κ3) is 5.74. The van der Waals surface area contributed by atoms with Crippen molar-refractivity contribution >= 4 is 27.3 Å². The zero-order chi connectivity index (χ0) is 21.4. The van der Waals surface area contributed by atoms with E-state index in [1.165, 1.54) is 22.8 Å². The number of sulfonamides is 1. The van der Waals surface area contributed by atoms with E-state index >= 15 is 0 Å². The minimum atomic E-state index is -3.65. The molecule has 0 saturated carbocycles. The van der Waals surface area contributed by atoms with Gasteiger partial charge in [0.2, 0.25) is 10.0 Å². The van der Waals surface area contributed by atoms with Gasteiger partial charge in [0, 0.05) is 25.8 Å². The Balaban J connectivity index is 2.39. The van der Waals surface area contributed by atoms with E-state index in [1.54, 1.807) is 32.9 Å². The topological polar surface area (TPSA) is 104 Å². The molecular weight excluding hydrogens is 390 g/mol. The molecule has 0 radical (unpaired) electrons. The number of aryl methyl sites for hydroxylation is 1. The molecule has 2 aromatic rings. The predicted molar refractivity (Wildman–Crippen MR) is 115 cm³/mol. The molecule has 8 nitrogen and oxygen atoms in total. The molecule has 1 aromatic carbocycles. The van der Waals surface area contributed by atoms with Crippen LogP contribution in [0.2, 0.25) is 0 Å². The Morgan fingerprint density at radius 1 is 1.07 bits per heavy atom. The number of hydrogen-bond acceptors (Lipinski definition) is 6. The number of carbonyl (C=O) groups excluding carboxylic acids is 1. The Bertz CT molecular complexity index is 926. The summed E-state index contributed by atoms with van der Waals surface area (Å²) in [7, 11) is -3.65. The average molecular weight is 420 g/mol. The van der Waals surface area contributed by atoms with Crippen molar-refractivity contribution in [3.05, 3.63) is 42.0 Å². The van der Waals surface area contributed by atoms with Crippen molar-refractivity contribution in [3.63, 3.8) is 0 Å². The van der Waals surface area contributed by atoms with Crippen molar-refractivity contribution in [1.29, 1.82) is 0 Å². The highest BCUT2D eigenvalue weighted by atomic mass is 32.2. The van der Waals surface area contributed by atoms with Gasteiger partial charge in [0.15, 0.2) is 0 Å². The summed E-state index contributed by atoms with van der Waals surface area (Å²) in [5.41, 5.74) is 1.91.